The van der Waals surface area contributed by atoms with Crippen LogP contribution in [0.25, 0.3) is 6.08 Å². The standard InChI is InChI=1S/C14H17NO3S/c1-10-5-6-11(19-10)7-8-13(16)15-9-3-2-4-12(15)14(17)18/h5-8,12H,2-4,9H2,1H3,(H,17,18)/t12-/m0/s1. The number of piperidine rings is 1. The molecule has 19 heavy (non-hydrogen) atoms. The lowest BCUT2D eigenvalue weighted by atomic mass is 10.0. The van der Waals surface area contributed by atoms with E-state index < -0.39 is 12.0 Å². The highest BCUT2D eigenvalue weighted by molar-refractivity contribution is 7.12. The van der Waals surface area contributed by atoms with Crippen LogP contribution in [0.2, 0.25) is 0 Å². The zero-order chi connectivity index (χ0) is 13.8. The van der Waals surface area contributed by atoms with Crippen LogP contribution < -0.4 is 0 Å². The number of aryl methyl sites for hydroxylation is 1. The van der Waals surface area contributed by atoms with Gasteiger partial charge >= 0.3 is 5.97 Å². The number of aliphatic carboxylic acids is 1. The summed E-state index contributed by atoms with van der Waals surface area (Å²) in [5.74, 6) is -1.12. The first-order valence-electron chi connectivity index (χ1n) is 6.36. The molecule has 1 amide bonds. The fourth-order valence-corrected chi connectivity index (χ4v) is 3.02. The SMILES string of the molecule is Cc1ccc(C=CC(=O)N2CCCC[C@H]2C(=O)O)s1. The molecule has 1 aromatic rings. The number of hydrogen-bond donors (Lipinski definition) is 1. The van der Waals surface area contributed by atoms with Gasteiger partial charge in [-0.15, -0.1) is 11.3 Å². The average molecular weight is 279 g/mol. The van der Waals surface area contributed by atoms with E-state index in [-0.39, 0.29) is 5.91 Å². The van der Waals surface area contributed by atoms with Gasteiger partial charge in [0, 0.05) is 22.4 Å². The molecule has 102 valence electrons. The number of carboxylic acids is 1. The topological polar surface area (TPSA) is 57.6 Å². The maximum Gasteiger partial charge on any atom is 0.326 e. The van der Waals surface area contributed by atoms with Crippen LogP contribution in [0.4, 0.5) is 0 Å². The summed E-state index contributed by atoms with van der Waals surface area (Å²) in [5.41, 5.74) is 0. The van der Waals surface area contributed by atoms with Crippen LogP contribution in [0.5, 0.6) is 0 Å². The van der Waals surface area contributed by atoms with E-state index in [0.29, 0.717) is 13.0 Å². The maximum absolute atomic E-state index is 12.1. The number of likely N-dealkylation sites (tertiary alicyclic amines) is 1. The third kappa shape index (κ3) is 3.44. The second kappa shape index (κ2) is 6.02. The molecule has 1 atom stereocenters. The largest absolute Gasteiger partial charge is 0.480 e. The second-order valence-electron chi connectivity index (χ2n) is 4.66. The summed E-state index contributed by atoms with van der Waals surface area (Å²) in [6.45, 7) is 2.54. The Kier molecular flexibility index (Phi) is 4.37. The van der Waals surface area contributed by atoms with Gasteiger partial charge in [-0.25, -0.2) is 4.79 Å². The molecular formula is C14H17NO3S. The van der Waals surface area contributed by atoms with Gasteiger partial charge in [0.2, 0.25) is 5.91 Å². The number of carbonyl (C=O) groups excluding carboxylic acids is 1. The molecule has 0 saturated carbocycles. The minimum atomic E-state index is -0.909. The Labute approximate surface area is 116 Å². The summed E-state index contributed by atoms with van der Waals surface area (Å²) in [7, 11) is 0. The van der Waals surface area contributed by atoms with Crippen LogP contribution in [0.3, 0.4) is 0 Å². The number of carboxylic acid groups (broad SMARTS) is 1. The first-order valence-corrected chi connectivity index (χ1v) is 7.17. The number of rotatable bonds is 3. The van der Waals surface area contributed by atoms with E-state index in [1.807, 2.05) is 19.1 Å². The first kappa shape index (κ1) is 13.8. The molecule has 1 aromatic heterocycles. The molecule has 0 aliphatic carbocycles. The molecule has 1 fully saturated rings. The summed E-state index contributed by atoms with van der Waals surface area (Å²) in [4.78, 5) is 26.9. The zero-order valence-corrected chi connectivity index (χ0v) is 11.7. The molecule has 2 heterocycles. The molecule has 0 bridgehead atoms. The third-order valence-electron chi connectivity index (χ3n) is 3.22. The highest BCUT2D eigenvalue weighted by atomic mass is 32.1. The summed E-state index contributed by atoms with van der Waals surface area (Å²) in [5, 5.41) is 9.13. The smallest absolute Gasteiger partial charge is 0.326 e. The van der Waals surface area contributed by atoms with Crippen molar-refractivity contribution in [2.75, 3.05) is 6.54 Å². The number of thiophene rings is 1. The fourth-order valence-electron chi connectivity index (χ4n) is 2.24. The third-order valence-corrected chi connectivity index (χ3v) is 4.19. The van der Waals surface area contributed by atoms with Crippen LogP contribution in [-0.4, -0.2) is 34.5 Å². The van der Waals surface area contributed by atoms with Gasteiger partial charge in [0.15, 0.2) is 0 Å². The minimum Gasteiger partial charge on any atom is -0.480 e. The molecule has 1 saturated heterocycles. The van der Waals surface area contributed by atoms with Crippen LogP contribution >= 0.6 is 11.3 Å². The quantitative estimate of drug-likeness (QED) is 0.865. The van der Waals surface area contributed by atoms with E-state index in [4.69, 9.17) is 5.11 Å². The second-order valence-corrected chi connectivity index (χ2v) is 5.98. The Hall–Kier alpha value is -1.62. The molecule has 0 unspecified atom stereocenters. The van der Waals surface area contributed by atoms with Crippen molar-refractivity contribution in [3.8, 4) is 0 Å². The predicted octanol–water partition coefficient (Wildman–Crippen LogP) is 2.54. The van der Waals surface area contributed by atoms with Crippen LogP contribution in [0.15, 0.2) is 18.2 Å². The van der Waals surface area contributed by atoms with Crippen LogP contribution in [-0.2, 0) is 9.59 Å². The van der Waals surface area contributed by atoms with Crippen molar-refractivity contribution in [1.82, 2.24) is 4.90 Å². The van der Waals surface area contributed by atoms with Crippen molar-refractivity contribution >= 4 is 29.3 Å². The Morgan fingerprint density at radius 2 is 2.21 bits per heavy atom. The monoisotopic (exact) mass is 279 g/mol. The average Bonchev–Trinajstić information content (AvgIpc) is 2.81. The lowest BCUT2D eigenvalue weighted by Crippen LogP contribution is -2.47. The number of nitrogens with zero attached hydrogens (tertiary/aromatic N) is 1. The van der Waals surface area contributed by atoms with E-state index in [1.165, 1.54) is 15.9 Å². The van der Waals surface area contributed by atoms with E-state index in [2.05, 4.69) is 0 Å². The van der Waals surface area contributed by atoms with Gasteiger partial charge in [-0.3, -0.25) is 4.79 Å². The molecule has 1 N–H and O–H groups in total. The molecule has 2 rings (SSSR count). The summed E-state index contributed by atoms with van der Waals surface area (Å²) in [6, 6.07) is 3.28. The Morgan fingerprint density at radius 1 is 1.42 bits per heavy atom. The van der Waals surface area contributed by atoms with Crippen molar-refractivity contribution in [3.63, 3.8) is 0 Å². The highest BCUT2D eigenvalue weighted by Gasteiger charge is 2.30. The first-order chi connectivity index (χ1) is 9.08. The fraction of sp³-hybridized carbons (Fsp3) is 0.429. The van der Waals surface area contributed by atoms with Gasteiger partial charge in [-0.05, 0) is 44.4 Å². The molecule has 0 spiro atoms. The normalized spacial score (nSPS) is 19.8. The molecule has 0 radical (unpaired) electrons. The van der Waals surface area contributed by atoms with Crippen molar-refractivity contribution < 1.29 is 14.7 Å². The van der Waals surface area contributed by atoms with Gasteiger partial charge in [0.05, 0.1) is 0 Å². The van der Waals surface area contributed by atoms with E-state index in [1.54, 1.807) is 17.4 Å². The van der Waals surface area contributed by atoms with Gasteiger partial charge in [-0.2, -0.15) is 0 Å². The van der Waals surface area contributed by atoms with E-state index in [9.17, 15) is 9.59 Å². The lowest BCUT2D eigenvalue weighted by Gasteiger charge is -2.32. The van der Waals surface area contributed by atoms with Crippen molar-refractivity contribution in [2.45, 2.75) is 32.2 Å². The predicted molar refractivity (Wildman–Crippen MR) is 75.1 cm³/mol. The van der Waals surface area contributed by atoms with Gasteiger partial charge in [0.1, 0.15) is 6.04 Å². The lowest BCUT2D eigenvalue weighted by molar-refractivity contribution is -0.150. The van der Waals surface area contributed by atoms with Crippen LogP contribution in [0.1, 0.15) is 29.0 Å². The molecular weight excluding hydrogens is 262 g/mol. The maximum atomic E-state index is 12.1. The highest BCUT2D eigenvalue weighted by Crippen LogP contribution is 2.19. The zero-order valence-electron chi connectivity index (χ0n) is 10.8. The number of carbonyl (C=O) groups is 2. The molecule has 0 aromatic carbocycles. The number of amides is 1. The van der Waals surface area contributed by atoms with Crippen LogP contribution in [0, 0.1) is 6.92 Å². The van der Waals surface area contributed by atoms with E-state index in [0.717, 1.165) is 17.7 Å². The van der Waals surface area contributed by atoms with Gasteiger partial charge in [0.25, 0.3) is 0 Å². The van der Waals surface area contributed by atoms with Crippen molar-refractivity contribution in [3.05, 3.63) is 28.0 Å². The molecule has 4 nitrogen and oxygen atoms in total. The van der Waals surface area contributed by atoms with Crippen molar-refractivity contribution in [1.29, 1.82) is 0 Å². The molecule has 5 heteroatoms. The van der Waals surface area contributed by atoms with Gasteiger partial charge in [-0.1, -0.05) is 0 Å². The summed E-state index contributed by atoms with van der Waals surface area (Å²) >= 11 is 1.61. The minimum absolute atomic E-state index is 0.210. The Balaban J connectivity index is 2.05. The summed E-state index contributed by atoms with van der Waals surface area (Å²) < 4.78 is 0. The summed E-state index contributed by atoms with van der Waals surface area (Å²) in [6.07, 6.45) is 5.53. The molecule has 1 aliphatic rings. The molecule has 1 aliphatic heterocycles. The number of hydrogen-bond acceptors (Lipinski definition) is 3. The van der Waals surface area contributed by atoms with Crippen molar-refractivity contribution in [2.24, 2.45) is 0 Å². The van der Waals surface area contributed by atoms with E-state index >= 15 is 0 Å². The van der Waals surface area contributed by atoms with Gasteiger partial charge < -0.3 is 10.0 Å². The Morgan fingerprint density at radius 3 is 2.84 bits per heavy atom. The Bertz CT molecular complexity index is 507.